The molecule has 0 radical (unpaired) electrons. The molecule has 40 heavy (non-hydrogen) atoms. The molecule has 0 spiro atoms. The third-order valence-corrected chi connectivity index (χ3v) is 8.22. The van der Waals surface area contributed by atoms with Crippen molar-refractivity contribution in [2.45, 2.75) is 38.7 Å². The zero-order valence-electron chi connectivity index (χ0n) is 22.2. The minimum atomic E-state index is -0.441. The Morgan fingerprint density at radius 2 is 1.75 bits per heavy atom. The van der Waals surface area contributed by atoms with Gasteiger partial charge in [-0.15, -0.1) is 0 Å². The molecular formula is C32H29Cl3O5. The average molecular weight is 600 g/mol. The van der Waals surface area contributed by atoms with E-state index in [4.69, 9.17) is 49.0 Å². The van der Waals surface area contributed by atoms with Crippen LogP contribution in [0.2, 0.25) is 15.1 Å². The van der Waals surface area contributed by atoms with E-state index in [1.165, 1.54) is 7.11 Å². The molecule has 1 heterocycles. The molecule has 8 heteroatoms. The van der Waals surface area contributed by atoms with E-state index in [1.807, 2.05) is 37.3 Å². The van der Waals surface area contributed by atoms with Crippen LogP contribution in [0.5, 0.6) is 11.5 Å². The summed E-state index contributed by atoms with van der Waals surface area (Å²) in [5.41, 5.74) is 4.19. The van der Waals surface area contributed by atoms with Gasteiger partial charge < -0.3 is 19.3 Å². The molecule has 0 amide bonds. The molecule has 0 bridgehead atoms. The lowest BCUT2D eigenvalue weighted by molar-refractivity contribution is 0.0590. The number of esters is 1. The quantitative estimate of drug-likeness (QED) is 0.159. The maximum absolute atomic E-state index is 12.3. The van der Waals surface area contributed by atoms with Gasteiger partial charge in [0, 0.05) is 32.7 Å². The molecule has 0 saturated heterocycles. The summed E-state index contributed by atoms with van der Waals surface area (Å²) in [4.78, 5) is 12.3. The van der Waals surface area contributed by atoms with E-state index in [9.17, 15) is 9.90 Å². The number of benzene rings is 3. The summed E-state index contributed by atoms with van der Waals surface area (Å²) in [6.45, 7) is 1.99. The molecule has 1 aliphatic heterocycles. The van der Waals surface area contributed by atoms with Gasteiger partial charge in [-0.05, 0) is 74.1 Å². The van der Waals surface area contributed by atoms with Crippen LogP contribution < -0.4 is 9.47 Å². The summed E-state index contributed by atoms with van der Waals surface area (Å²) in [5, 5.41) is 12.6. The lowest BCUT2D eigenvalue weighted by atomic mass is 9.95. The van der Waals surface area contributed by atoms with Crippen LogP contribution in [0.4, 0.5) is 0 Å². The van der Waals surface area contributed by atoms with Crippen LogP contribution in [0, 0.1) is 5.92 Å². The molecule has 1 aliphatic carbocycles. The maximum Gasteiger partial charge on any atom is 0.341 e. The third-order valence-electron chi connectivity index (χ3n) is 7.26. The smallest absolute Gasteiger partial charge is 0.341 e. The predicted molar refractivity (Wildman–Crippen MR) is 159 cm³/mol. The van der Waals surface area contributed by atoms with Crippen molar-refractivity contribution in [2.24, 2.45) is 5.92 Å². The van der Waals surface area contributed by atoms with E-state index >= 15 is 0 Å². The fourth-order valence-corrected chi connectivity index (χ4v) is 5.92. The number of halogens is 3. The van der Waals surface area contributed by atoms with Crippen LogP contribution >= 0.6 is 34.8 Å². The topological polar surface area (TPSA) is 65.0 Å². The van der Waals surface area contributed by atoms with Gasteiger partial charge in [0.05, 0.1) is 12.1 Å². The Morgan fingerprint density at radius 1 is 1.02 bits per heavy atom. The molecule has 1 atom stereocenters. The molecule has 208 valence electrons. The molecule has 2 aliphatic rings. The van der Waals surface area contributed by atoms with Gasteiger partial charge in [0.25, 0.3) is 0 Å². The number of carbonyl (C=O) groups is 1. The number of aryl methyl sites for hydroxylation is 1. The molecule has 3 aromatic carbocycles. The second kappa shape index (κ2) is 12.2. The van der Waals surface area contributed by atoms with Crippen molar-refractivity contribution in [3.8, 4) is 11.5 Å². The number of hydrogen-bond donors (Lipinski definition) is 1. The Hall–Kier alpha value is -3.12. The van der Waals surface area contributed by atoms with Crippen molar-refractivity contribution in [1.82, 2.24) is 0 Å². The van der Waals surface area contributed by atoms with Gasteiger partial charge in [0.15, 0.2) is 0 Å². The number of ether oxygens (including phenoxy) is 3. The first-order valence-electron chi connectivity index (χ1n) is 13.1. The van der Waals surface area contributed by atoms with Gasteiger partial charge in [0.2, 0.25) is 0 Å². The highest BCUT2D eigenvalue weighted by atomic mass is 35.5. The maximum atomic E-state index is 12.3. The number of aliphatic hydroxyl groups excluding tert-OH is 1. The number of methoxy groups -OCH3 is 1. The highest BCUT2D eigenvalue weighted by Gasteiger charge is 2.31. The van der Waals surface area contributed by atoms with Gasteiger partial charge >= 0.3 is 5.97 Å². The normalized spacial score (nSPS) is 17.4. The van der Waals surface area contributed by atoms with Gasteiger partial charge in [0.1, 0.15) is 35.5 Å². The molecule has 0 aromatic heterocycles. The van der Waals surface area contributed by atoms with Crippen LogP contribution in [0.25, 0.3) is 5.57 Å². The average Bonchev–Trinajstić information content (AvgIpc) is 3.81. The first kappa shape index (κ1) is 28.4. The number of hydrogen-bond acceptors (Lipinski definition) is 5. The number of aliphatic hydroxyl groups is 1. The number of rotatable bonds is 8. The van der Waals surface area contributed by atoms with Crippen molar-refractivity contribution in [3.63, 3.8) is 0 Å². The number of allylic oxidation sites excluding steroid dienone is 2. The summed E-state index contributed by atoms with van der Waals surface area (Å²) < 4.78 is 17.4. The summed E-state index contributed by atoms with van der Waals surface area (Å²) in [6.07, 6.45) is 4.86. The van der Waals surface area contributed by atoms with E-state index in [1.54, 1.807) is 30.3 Å². The van der Waals surface area contributed by atoms with Gasteiger partial charge in [-0.1, -0.05) is 65.1 Å². The second-order valence-electron chi connectivity index (χ2n) is 9.84. The summed E-state index contributed by atoms with van der Waals surface area (Å²) in [7, 11) is 1.35. The zero-order chi connectivity index (χ0) is 28.4. The van der Waals surface area contributed by atoms with E-state index in [-0.39, 0.29) is 18.6 Å². The lowest BCUT2D eigenvalue weighted by Gasteiger charge is -2.28. The van der Waals surface area contributed by atoms with Gasteiger partial charge in [-0.25, -0.2) is 4.79 Å². The van der Waals surface area contributed by atoms with Crippen LogP contribution in [0.1, 0.15) is 59.3 Å². The molecular weight excluding hydrogens is 571 g/mol. The zero-order valence-corrected chi connectivity index (χ0v) is 24.4. The van der Waals surface area contributed by atoms with Crippen LogP contribution in [-0.4, -0.2) is 24.8 Å². The molecule has 3 aromatic rings. The Balaban J connectivity index is 1.37. The minimum Gasteiger partial charge on any atom is -0.512 e. The lowest BCUT2D eigenvalue weighted by Crippen LogP contribution is -2.18. The largest absolute Gasteiger partial charge is 0.512 e. The molecule has 1 fully saturated rings. The van der Waals surface area contributed by atoms with Crippen LogP contribution in [0.3, 0.4) is 0 Å². The Labute approximate surface area is 248 Å². The highest BCUT2D eigenvalue weighted by Crippen LogP contribution is 2.43. The first-order chi connectivity index (χ1) is 19.3. The molecule has 1 unspecified atom stereocenters. The van der Waals surface area contributed by atoms with E-state index in [0.29, 0.717) is 55.4 Å². The third kappa shape index (κ3) is 5.83. The standard InChI is InChI=1S/C32H29Cl3O5/c1-3-21(29-25(33)8-5-9-26(29)34)24(30(36)18-10-11-18)17-39-20-13-14-22(27(35)16-20)28-15-12-19-6-4-7-23(31(19)40-28)32(37)38-2/h3-9,13-14,16,18,28,36H,10-12,15,17H2,1-2H3/b21-3?,30-24-. The van der Waals surface area contributed by atoms with Crippen molar-refractivity contribution in [3.05, 3.63) is 109 Å². The van der Waals surface area contributed by atoms with Crippen molar-refractivity contribution >= 4 is 46.3 Å². The number of carbonyl (C=O) groups excluding carboxylic acids is 1. The summed E-state index contributed by atoms with van der Waals surface area (Å²) >= 11 is 19.8. The predicted octanol–water partition coefficient (Wildman–Crippen LogP) is 9.20. The Morgan fingerprint density at radius 3 is 2.40 bits per heavy atom. The van der Waals surface area contributed by atoms with E-state index < -0.39 is 5.97 Å². The number of fused-ring (bicyclic) bond motifs is 1. The number of para-hydroxylation sites is 1. The van der Waals surface area contributed by atoms with Crippen molar-refractivity contribution in [2.75, 3.05) is 13.7 Å². The fourth-order valence-electron chi connectivity index (χ4n) is 5.03. The molecule has 1 N–H and O–H groups in total. The van der Waals surface area contributed by atoms with E-state index in [0.717, 1.165) is 36.0 Å². The van der Waals surface area contributed by atoms with Crippen LogP contribution in [-0.2, 0) is 11.2 Å². The molecule has 1 saturated carbocycles. The van der Waals surface area contributed by atoms with Crippen molar-refractivity contribution < 1.29 is 24.1 Å². The van der Waals surface area contributed by atoms with Gasteiger partial charge in [-0.3, -0.25) is 0 Å². The second-order valence-corrected chi connectivity index (χ2v) is 11.1. The Bertz CT molecular complexity index is 1490. The molecule has 5 nitrogen and oxygen atoms in total. The van der Waals surface area contributed by atoms with Gasteiger partial charge in [-0.2, -0.15) is 0 Å². The first-order valence-corrected chi connectivity index (χ1v) is 14.3. The fraction of sp³-hybridized carbons (Fsp3) is 0.281. The molecule has 5 rings (SSSR count). The summed E-state index contributed by atoms with van der Waals surface area (Å²) in [5.74, 6) is 1.03. The minimum absolute atomic E-state index is 0.0991. The van der Waals surface area contributed by atoms with Crippen LogP contribution in [0.15, 0.2) is 72.0 Å². The highest BCUT2D eigenvalue weighted by molar-refractivity contribution is 6.38. The van der Waals surface area contributed by atoms with E-state index in [2.05, 4.69) is 0 Å². The SMILES string of the molecule is CC=C(/C(COc1ccc(C2CCc3cccc(C(=O)OC)c3O2)c(Cl)c1)=C(\O)C1CC1)c1c(Cl)cccc1Cl. The summed E-state index contributed by atoms with van der Waals surface area (Å²) in [6, 6.07) is 16.3. The Kier molecular flexibility index (Phi) is 8.65. The monoisotopic (exact) mass is 598 g/mol. The van der Waals surface area contributed by atoms with Crippen molar-refractivity contribution in [1.29, 1.82) is 0 Å².